The van der Waals surface area contributed by atoms with Gasteiger partial charge < -0.3 is 4.90 Å². The molecule has 0 N–H and O–H groups in total. The molecule has 0 atom stereocenters. The molecule has 81 valence electrons. The largest absolute Gasteiger partial charge is 0.301 e. The summed E-state index contributed by atoms with van der Waals surface area (Å²) in [5.41, 5.74) is 1.04. The molecule has 1 aromatic rings. The predicted molar refractivity (Wildman–Crippen MR) is 61.2 cm³/mol. The third kappa shape index (κ3) is 3.51. The lowest BCUT2D eigenvalue weighted by molar-refractivity contribution is 0.231. The molecule has 0 aliphatic carbocycles. The van der Waals surface area contributed by atoms with Gasteiger partial charge in [-0.25, -0.2) is 0 Å². The van der Waals surface area contributed by atoms with E-state index in [0.29, 0.717) is 0 Å². The molecular formula is C12H18N3. The number of hydrogen-bond acceptors (Lipinski definition) is 2. The van der Waals surface area contributed by atoms with Crippen LogP contribution >= 0.6 is 0 Å². The maximum Gasteiger partial charge on any atom is 0.0605 e. The number of nitrogens with zero attached hydrogens (tertiary/aromatic N) is 3. The molecule has 0 aromatic carbocycles. The lowest BCUT2D eigenvalue weighted by Crippen LogP contribution is -2.33. The SMILES string of the molecule is c1cc([N]CCN2CCCCC2)ccn1. The quantitative estimate of drug-likeness (QED) is 0.748. The zero-order chi connectivity index (χ0) is 10.3. The molecule has 1 aliphatic heterocycles. The summed E-state index contributed by atoms with van der Waals surface area (Å²) < 4.78 is 0. The van der Waals surface area contributed by atoms with E-state index in [1.165, 1.54) is 32.4 Å². The van der Waals surface area contributed by atoms with Crippen LogP contribution in [0.4, 0.5) is 5.69 Å². The molecule has 0 bridgehead atoms. The van der Waals surface area contributed by atoms with Gasteiger partial charge in [0.2, 0.25) is 0 Å². The number of rotatable bonds is 4. The van der Waals surface area contributed by atoms with E-state index < -0.39 is 0 Å². The molecule has 2 heterocycles. The first-order valence-electron chi connectivity index (χ1n) is 5.75. The maximum atomic E-state index is 4.52. The van der Waals surface area contributed by atoms with Gasteiger partial charge in [0.1, 0.15) is 0 Å². The summed E-state index contributed by atoms with van der Waals surface area (Å²) in [7, 11) is 0. The smallest absolute Gasteiger partial charge is 0.0605 e. The topological polar surface area (TPSA) is 30.2 Å². The highest BCUT2D eigenvalue weighted by atomic mass is 15.1. The van der Waals surface area contributed by atoms with Crippen LogP contribution in [0.2, 0.25) is 0 Å². The van der Waals surface area contributed by atoms with Gasteiger partial charge in [-0.2, -0.15) is 0 Å². The van der Waals surface area contributed by atoms with E-state index in [1.807, 2.05) is 12.1 Å². The Balaban J connectivity index is 1.66. The van der Waals surface area contributed by atoms with Crippen LogP contribution in [0, 0.1) is 0 Å². The minimum Gasteiger partial charge on any atom is -0.301 e. The third-order valence-corrected chi connectivity index (χ3v) is 2.82. The van der Waals surface area contributed by atoms with Crippen molar-refractivity contribution in [2.45, 2.75) is 19.3 Å². The minimum absolute atomic E-state index is 0.907. The van der Waals surface area contributed by atoms with Crippen molar-refractivity contribution in [3.63, 3.8) is 0 Å². The zero-order valence-electron chi connectivity index (χ0n) is 9.10. The Labute approximate surface area is 91.5 Å². The van der Waals surface area contributed by atoms with E-state index in [9.17, 15) is 0 Å². The van der Waals surface area contributed by atoms with Crippen LogP contribution in [0.5, 0.6) is 0 Å². The van der Waals surface area contributed by atoms with Gasteiger partial charge in [-0.3, -0.25) is 10.3 Å². The van der Waals surface area contributed by atoms with Crippen molar-refractivity contribution in [3.05, 3.63) is 24.5 Å². The van der Waals surface area contributed by atoms with Gasteiger partial charge in [0, 0.05) is 18.9 Å². The Morgan fingerprint density at radius 2 is 1.87 bits per heavy atom. The van der Waals surface area contributed by atoms with Gasteiger partial charge in [-0.15, -0.1) is 0 Å². The average Bonchev–Trinajstić information content (AvgIpc) is 2.32. The molecule has 0 spiro atoms. The van der Waals surface area contributed by atoms with E-state index in [0.717, 1.165) is 18.8 Å². The molecular weight excluding hydrogens is 186 g/mol. The monoisotopic (exact) mass is 204 g/mol. The Kier molecular flexibility index (Phi) is 3.97. The van der Waals surface area contributed by atoms with E-state index in [4.69, 9.17) is 0 Å². The molecule has 15 heavy (non-hydrogen) atoms. The van der Waals surface area contributed by atoms with Crippen molar-refractivity contribution in [2.24, 2.45) is 0 Å². The fraction of sp³-hybridized carbons (Fsp3) is 0.583. The highest BCUT2D eigenvalue weighted by Gasteiger charge is 2.08. The van der Waals surface area contributed by atoms with Crippen molar-refractivity contribution in [2.75, 3.05) is 26.2 Å². The molecule has 0 saturated carbocycles. The lowest BCUT2D eigenvalue weighted by atomic mass is 10.1. The third-order valence-electron chi connectivity index (χ3n) is 2.82. The summed E-state index contributed by atoms with van der Waals surface area (Å²) in [6.45, 7) is 4.52. The average molecular weight is 204 g/mol. The molecule has 1 saturated heterocycles. The molecule has 0 amide bonds. The zero-order valence-corrected chi connectivity index (χ0v) is 9.10. The first kappa shape index (κ1) is 10.4. The van der Waals surface area contributed by atoms with E-state index in [1.54, 1.807) is 12.4 Å². The van der Waals surface area contributed by atoms with Crippen LogP contribution in [0.25, 0.3) is 0 Å². The number of aromatic nitrogens is 1. The van der Waals surface area contributed by atoms with Gasteiger partial charge in [0.15, 0.2) is 0 Å². The first-order valence-corrected chi connectivity index (χ1v) is 5.75. The van der Waals surface area contributed by atoms with Crippen LogP contribution < -0.4 is 5.32 Å². The van der Waals surface area contributed by atoms with Crippen LogP contribution in [0.15, 0.2) is 24.5 Å². The maximum absolute atomic E-state index is 4.52. The van der Waals surface area contributed by atoms with Crippen LogP contribution in [0.3, 0.4) is 0 Å². The summed E-state index contributed by atoms with van der Waals surface area (Å²) in [6, 6.07) is 3.91. The second-order valence-electron chi connectivity index (χ2n) is 3.99. The standard InChI is InChI=1S/C12H18N3/c1-2-9-15(10-3-1)11-8-14-12-4-6-13-7-5-12/h4-7H,1-3,8-11H2. The van der Waals surface area contributed by atoms with Crippen molar-refractivity contribution in [3.8, 4) is 0 Å². The molecule has 1 aliphatic rings. The summed E-state index contributed by atoms with van der Waals surface area (Å²) in [5.74, 6) is 0. The number of pyridine rings is 1. The Bertz CT molecular complexity index is 267. The second kappa shape index (κ2) is 5.71. The molecule has 1 radical (unpaired) electrons. The van der Waals surface area contributed by atoms with Crippen molar-refractivity contribution < 1.29 is 0 Å². The predicted octanol–water partition coefficient (Wildman–Crippen LogP) is 1.80. The van der Waals surface area contributed by atoms with Crippen LogP contribution in [-0.4, -0.2) is 36.1 Å². The van der Waals surface area contributed by atoms with Gasteiger partial charge in [0.25, 0.3) is 0 Å². The molecule has 1 aromatic heterocycles. The molecule has 2 rings (SSSR count). The van der Waals surface area contributed by atoms with E-state index in [-0.39, 0.29) is 0 Å². The summed E-state index contributed by atoms with van der Waals surface area (Å²) in [6.07, 6.45) is 7.70. The Hall–Kier alpha value is -1.09. The number of likely N-dealkylation sites (tertiary alicyclic amines) is 1. The number of piperidine rings is 1. The van der Waals surface area contributed by atoms with Crippen molar-refractivity contribution in [1.29, 1.82) is 0 Å². The Morgan fingerprint density at radius 3 is 2.60 bits per heavy atom. The summed E-state index contributed by atoms with van der Waals surface area (Å²) >= 11 is 0. The molecule has 0 unspecified atom stereocenters. The fourth-order valence-electron chi connectivity index (χ4n) is 1.95. The van der Waals surface area contributed by atoms with Crippen molar-refractivity contribution >= 4 is 5.69 Å². The van der Waals surface area contributed by atoms with Crippen LogP contribution in [-0.2, 0) is 0 Å². The molecule has 1 fully saturated rings. The molecule has 3 nitrogen and oxygen atoms in total. The van der Waals surface area contributed by atoms with Crippen molar-refractivity contribution in [1.82, 2.24) is 15.2 Å². The summed E-state index contributed by atoms with van der Waals surface area (Å²) in [4.78, 5) is 6.48. The fourth-order valence-corrected chi connectivity index (χ4v) is 1.95. The normalized spacial score (nSPS) is 17.6. The Morgan fingerprint density at radius 1 is 1.13 bits per heavy atom. The van der Waals surface area contributed by atoms with E-state index >= 15 is 0 Å². The van der Waals surface area contributed by atoms with Gasteiger partial charge in [0.05, 0.1) is 12.2 Å². The summed E-state index contributed by atoms with van der Waals surface area (Å²) in [5, 5.41) is 4.52. The lowest BCUT2D eigenvalue weighted by Gasteiger charge is -2.25. The van der Waals surface area contributed by atoms with Crippen LogP contribution in [0.1, 0.15) is 19.3 Å². The van der Waals surface area contributed by atoms with Gasteiger partial charge in [-0.05, 0) is 38.1 Å². The first-order chi connectivity index (χ1) is 7.45. The number of hydrogen-bond donors (Lipinski definition) is 0. The van der Waals surface area contributed by atoms with Gasteiger partial charge >= 0.3 is 0 Å². The minimum atomic E-state index is 0.907. The van der Waals surface area contributed by atoms with Gasteiger partial charge in [-0.1, -0.05) is 6.42 Å². The second-order valence-corrected chi connectivity index (χ2v) is 3.99. The van der Waals surface area contributed by atoms with E-state index in [2.05, 4.69) is 15.2 Å². The highest BCUT2D eigenvalue weighted by Crippen LogP contribution is 2.08. The molecule has 3 heteroatoms. The highest BCUT2D eigenvalue weighted by molar-refractivity contribution is 5.31.